The van der Waals surface area contributed by atoms with Crippen LogP contribution in [0.5, 0.6) is 0 Å². The smallest absolute Gasteiger partial charge is 0.0991 e. The largest absolute Gasteiger partial charge is 0.375 e. The first-order valence-corrected chi connectivity index (χ1v) is 6.41. The lowest BCUT2D eigenvalue weighted by Gasteiger charge is -2.26. The van der Waals surface area contributed by atoms with Crippen LogP contribution < -0.4 is 5.73 Å². The first-order chi connectivity index (χ1) is 8.54. The molecule has 3 heteroatoms. The van der Waals surface area contributed by atoms with Crippen LogP contribution in [0.25, 0.3) is 0 Å². The SMILES string of the molecule is CCC(N)(CC)COCc1ccc(C#N)cc1C. The van der Waals surface area contributed by atoms with Gasteiger partial charge in [-0.05, 0) is 43.0 Å². The van der Waals surface area contributed by atoms with Crippen LogP contribution in [-0.4, -0.2) is 12.1 Å². The van der Waals surface area contributed by atoms with E-state index in [4.69, 9.17) is 15.7 Å². The normalized spacial score (nSPS) is 11.3. The molecule has 98 valence electrons. The lowest BCUT2D eigenvalue weighted by atomic mass is 9.95. The van der Waals surface area contributed by atoms with Crippen molar-refractivity contribution < 1.29 is 4.74 Å². The fourth-order valence-electron chi connectivity index (χ4n) is 1.75. The molecule has 1 aromatic rings. The molecule has 0 atom stereocenters. The number of nitrogens with two attached hydrogens (primary N) is 1. The van der Waals surface area contributed by atoms with Gasteiger partial charge in [0.2, 0.25) is 0 Å². The van der Waals surface area contributed by atoms with Gasteiger partial charge in [0.1, 0.15) is 0 Å². The Morgan fingerprint density at radius 2 is 2.00 bits per heavy atom. The van der Waals surface area contributed by atoms with Gasteiger partial charge in [-0.2, -0.15) is 5.26 Å². The Kier molecular flexibility index (Phi) is 5.33. The zero-order valence-corrected chi connectivity index (χ0v) is 11.5. The van der Waals surface area contributed by atoms with Gasteiger partial charge in [0.25, 0.3) is 0 Å². The molecule has 0 radical (unpaired) electrons. The lowest BCUT2D eigenvalue weighted by Crippen LogP contribution is -2.43. The molecule has 0 aromatic heterocycles. The standard InChI is InChI=1S/C15H22N2O/c1-4-15(17,5-2)11-18-10-14-7-6-13(9-16)8-12(14)3/h6-8H,4-5,10-11,17H2,1-3H3. The zero-order valence-electron chi connectivity index (χ0n) is 11.5. The Morgan fingerprint density at radius 1 is 1.33 bits per heavy atom. The summed E-state index contributed by atoms with van der Waals surface area (Å²) >= 11 is 0. The highest BCUT2D eigenvalue weighted by Gasteiger charge is 2.20. The maximum absolute atomic E-state index is 8.80. The van der Waals surface area contributed by atoms with E-state index in [0.717, 1.165) is 24.0 Å². The molecule has 0 saturated carbocycles. The van der Waals surface area contributed by atoms with Crippen molar-refractivity contribution in [1.82, 2.24) is 0 Å². The monoisotopic (exact) mass is 246 g/mol. The van der Waals surface area contributed by atoms with E-state index in [-0.39, 0.29) is 5.54 Å². The molecule has 0 fully saturated rings. The number of hydrogen-bond donors (Lipinski definition) is 1. The average Bonchev–Trinajstić information content (AvgIpc) is 2.40. The van der Waals surface area contributed by atoms with Gasteiger partial charge in [0, 0.05) is 5.54 Å². The highest BCUT2D eigenvalue weighted by atomic mass is 16.5. The third-order valence-corrected chi connectivity index (χ3v) is 3.53. The molecule has 0 amide bonds. The summed E-state index contributed by atoms with van der Waals surface area (Å²) < 4.78 is 5.71. The van der Waals surface area contributed by atoms with Crippen molar-refractivity contribution in [2.45, 2.75) is 45.8 Å². The Morgan fingerprint density at radius 3 is 2.50 bits per heavy atom. The molecule has 18 heavy (non-hydrogen) atoms. The fourth-order valence-corrected chi connectivity index (χ4v) is 1.75. The van der Waals surface area contributed by atoms with Crippen LogP contribution in [0.3, 0.4) is 0 Å². The Bertz CT molecular complexity index is 431. The summed E-state index contributed by atoms with van der Waals surface area (Å²) in [5, 5.41) is 8.80. The Labute approximate surface area is 110 Å². The van der Waals surface area contributed by atoms with E-state index in [1.807, 2.05) is 25.1 Å². The van der Waals surface area contributed by atoms with Gasteiger partial charge in [0.15, 0.2) is 0 Å². The molecule has 0 aliphatic rings. The van der Waals surface area contributed by atoms with Gasteiger partial charge in [-0.15, -0.1) is 0 Å². The van der Waals surface area contributed by atoms with Crippen LogP contribution in [0.4, 0.5) is 0 Å². The van der Waals surface area contributed by atoms with Gasteiger partial charge >= 0.3 is 0 Å². The summed E-state index contributed by atoms with van der Waals surface area (Å²) in [4.78, 5) is 0. The molecule has 0 aliphatic carbocycles. The molecule has 0 unspecified atom stereocenters. The van der Waals surface area contributed by atoms with Crippen molar-refractivity contribution in [1.29, 1.82) is 5.26 Å². The van der Waals surface area contributed by atoms with Crippen molar-refractivity contribution in [3.63, 3.8) is 0 Å². The first-order valence-electron chi connectivity index (χ1n) is 6.41. The maximum atomic E-state index is 8.80. The van der Waals surface area contributed by atoms with E-state index in [1.54, 1.807) is 0 Å². The molecule has 1 rings (SSSR count). The van der Waals surface area contributed by atoms with E-state index in [0.29, 0.717) is 18.8 Å². The number of aryl methyl sites for hydroxylation is 1. The van der Waals surface area contributed by atoms with E-state index < -0.39 is 0 Å². The van der Waals surface area contributed by atoms with Crippen LogP contribution >= 0.6 is 0 Å². The van der Waals surface area contributed by atoms with Crippen molar-refractivity contribution in [3.8, 4) is 6.07 Å². The number of ether oxygens (including phenoxy) is 1. The maximum Gasteiger partial charge on any atom is 0.0991 e. The van der Waals surface area contributed by atoms with E-state index in [9.17, 15) is 0 Å². The number of nitrogens with zero attached hydrogens (tertiary/aromatic N) is 1. The zero-order chi connectivity index (χ0) is 13.6. The number of rotatable bonds is 6. The summed E-state index contributed by atoms with van der Waals surface area (Å²) in [6.07, 6.45) is 1.83. The van der Waals surface area contributed by atoms with Gasteiger partial charge in [-0.3, -0.25) is 0 Å². The molecule has 0 bridgehead atoms. The molecule has 0 heterocycles. The second-order valence-electron chi connectivity index (χ2n) is 4.82. The lowest BCUT2D eigenvalue weighted by molar-refractivity contribution is 0.0693. The Balaban J connectivity index is 2.57. The van der Waals surface area contributed by atoms with E-state index in [2.05, 4.69) is 19.9 Å². The minimum Gasteiger partial charge on any atom is -0.375 e. The van der Waals surface area contributed by atoms with Gasteiger partial charge in [0.05, 0.1) is 24.8 Å². The van der Waals surface area contributed by atoms with E-state index >= 15 is 0 Å². The van der Waals surface area contributed by atoms with Crippen molar-refractivity contribution in [2.75, 3.05) is 6.61 Å². The summed E-state index contributed by atoms with van der Waals surface area (Å²) in [6.45, 7) is 7.28. The molecular weight excluding hydrogens is 224 g/mol. The van der Waals surface area contributed by atoms with Gasteiger partial charge < -0.3 is 10.5 Å². The average molecular weight is 246 g/mol. The van der Waals surface area contributed by atoms with E-state index in [1.165, 1.54) is 0 Å². The van der Waals surface area contributed by atoms with Crippen LogP contribution in [0.2, 0.25) is 0 Å². The number of benzene rings is 1. The third-order valence-electron chi connectivity index (χ3n) is 3.53. The second-order valence-corrected chi connectivity index (χ2v) is 4.82. The predicted molar refractivity (Wildman–Crippen MR) is 73.1 cm³/mol. The van der Waals surface area contributed by atoms with Crippen molar-refractivity contribution in [3.05, 3.63) is 34.9 Å². The minimum absolute atomic E-state index is 0.222. The van der Waals surface area contributed by atoms with Crippen LogP contribution in [0, 0.1) is 18.3 Å². The molecule has 0 saturated heterocycles. The van der Waals surface area contributed by atoms with Gasteiger partial charge in [-0.25, -0.2) is 0 Å². The van der Waals surface area contributed by atoms with Crippen LogP contribution in [0.1, 0.15) is 43.4 Å². The first kappa shape index (κ1) is 14.7. The summed E-state index contributed by atoms with van der Waals surface area (Å²) in [5.41, 5.74) is 8.84. The molecule has 0 aliphatic heterocycles. The topological polar surface area (TPSA) is 59.0 Å². The second kappa shape index (κ2) is 6.53. The summed E-state index contributed by atoms with van der Waals surface area (Å²) in [7, 11) is 0. The third kappa shape index (κ3) is 3.83. The Hall–Kier alpha value is -1.37. The summed E-state index contributed by atoms with van der Waals surface area (Å²) in [6, 6.07) is 7.78. The number of hydrogen-bond acceptors (Lipinski definition) is 3. The minimum atomic E-state index is -0.222. The summed E-state index contributed by atoms with van der Waals surface area (Å²) in [5.74, 6) is 0. The van der Waals surface area contributed by atoms with Crippen LogP contribution in [0.15, 0.2) is 18.2 Å². The molecular formula is C15H22N2O. The fraction of sp³-hybridized carbons (Fsp3) is 0.533. The van der Waals surface area contributed by atoms with Gasteiger partial charge in [-0.1, -0.05) is 19.9 Å². The molecule has 3 nitrogen and oxygen atoms in total. The number of nitriles is 1. The highest BCUT2D eigenvalue weighted by molar-refractivity contribution is 5.37. The highest BCUT2D eigenvalue weighted by Crippen LogP contribution is 2.15. The van der Waals surface area contributed by atoms with Crippen molar-refractivity contribution >= 4 is 0 Å². The molecule has 2 N–H and O–H groups in total. The van der Waals surface area contributed by atoms with Crippen LogP contribution in [-0.2, 0) is 11.3 Å². The molecule has 0 spiro atoms. The predicted octanol–water partition coefficient (Wildman–Crippen LogP) is 2.90. The molecule has 1 aromatic carbocycles. The quantitative estimate of drug-likeness (QED) is 0.839. The van der Waals surface area contributed by atoms with Crippen molar-refractivity contribution in [2.24, 2.45) is 5.73 Å².